The maximum Gasteiger partial charge on any atom is 0.105 e. The van der Waals surface area contributed by atoms with E-state index in [9.17, 15) is 0 Å². The van der Waals surface area contributed by atoms with Gasteiger partial charge in [-0.15, -0.1) is 0 Å². The number of aryl methyl sites for hydroxylation is 1. The number of nitrogens with one attached hydrogen (secondary N) is 1. The first-order valence-electron chi connectivity index (χ1n) is 6.89. The molecule has 1 aromatic heterocycles. The van der Waals surface area contributed by atoms with Gasteiger partial charge in [-0.05, 0) is 13.3 Å². The molecular weight excluding hydrogens is 210 g/mol. The van der Waals surface area contributed by atoms with Crippen molar-refractivity contribution in [1.82, 2.24) is 14.9 Å². The van der Waals surface area contributed by atoms with Crippen molar-refractivity contribution in [3.05, 3.63) is 17.7 Å². The van der Waals surface area contributed by atoms with Crippen LogP contribution in [-0.2, 0) is 13.1 Å². The van der Waals surface area contributed by atoms with E-state index in [0.717, 1.165) is 18.9 Å². The third-order valence-electron chi connectivity index (χ3n) is 3.06. The average Bonchev–Trinajstić information content (AvgIpc) is 2.63. The van der Waals surface area contributed by atoms with Gasteiger partial charge in [-0.1, -0.05) is 40.0 Å². The normalized spacial score (nSPS) is 11.4. The average molecular weight is 237 g/mol. The van der Waals surface area contributed by atoms with Crippen LogP contribution >= 0.6 is 0 Å². The van der Waals surface area contributed by atoms with Crippen LogP contribution in [-0.4, -0.2) is 15.6 Å². The molecule has 0 amide bonds. The number of hydrogen-bond donors (Lipinski definition) is 1. The second-order valence-corrected chi connectivity index (χ2v) is 5.04. The summed E-state index contributed by atoms with van der Waals surface area (Å²) >= 11 is 0. The molecule has 0 spiro atoms. The second-order valence-electron chi connectivity index (χ2n) is 5.04. The molecule has 0 unspecified atom stereocenters. The number of nitrogens with zero attached hydrogens (tertiary/aromatic N) is 2. The third kappa shape index (κ3) is 4.90. The first-order chi connectivity index (χ1) is 8.15. The summed E-state index contributed by atoms with van der Waals surface area (Å²) in [4.78, 5) is 4.42. The van der Waals surface area contributed by atoms with Gasteiger partial charge in [-0.2, -0.15) is 0 Å². The van der Waals surface area contributed by atoms with Crippen molar-refractivity contribution in [1.29, 1.82) is 0 Å². The third-order valence-corrected chi connectivity index (χ3v) is 3.06. The maximum absolute atomic E-state index is 4.42. The van der Waals surface area contributed by atoms with Gasteiger partial charge in [0.15, 0.2) is 0 Å². The largest absolute Gasteiger partial charge is 0.331 e. The Labute approximate surface area is 106 Å². The summed E-state index contributed by atoms with van der Waals surface area (Å²) < 4.78 is 2.35. The molecule has 1 rings (SSSR count). The molecule has 0 saturated carbocycles. The summed E-state index contributed by atoms with van der Waals surface area (Å²) in [6, 6.07) is 0.527. The monoisotopic (exact) mass is 237 g/mol. The Morgan fingerprint density at radius 3 is 2.71 bits per heavy atom. The highest BCUT2D eigenvalue weighted by Gasteiger charge is 2.06. The summed E-state index contributed by atoms with van der Waals surface area (Å²) in [6.07, 6.45) is 7.23. The van der Waals surface area contributed by atoms with E-state index in [1.165, 1.54) is 31.4 Å². The highest BCUT2D eigenvalue weighted by molar-refractivity contribution is 5.04. The van der Waals surface area contributed by atoms with Gasteiger partial charge in [0.1, 0.15) is 5.82 Å². The number of unbranched alkanes of at least 4 members (excludes halogenated alkanes) is 3. The molecule has 0 aliphatic heterocycles. The fourth-order valence-corrected chi connectivity index (χ4v) is 1.97. The molecule has 1 aromatic rings. The summed E-state index contributed by atoms with van der Waals surface area (Å²) in [5, 5.41) is 3.46. The molecule has 0 fully saturated rings. The molecule has 98 valence electrons. The van der Waals surface area contributed by atoms with Crippen LogP contribution in [0.25, 0.3) is 0 Å². The van der Waals surface area contributed by atoms with Crippen LogP contribution in [0, 0.1) is 6.92 Å². The highest BCUT2D eigenvalue weighted by atomic mass is 15.1. The van der Waals surface area contributed by atoms with E-state index in [1.807, 2.05) is 6.20 Å². The van der Waals surface area contributed by atoms with E-state index < -0.39 is 0 Å². The summed E-state index contributed by atoms with van der Waals surface area (Å²) in [7, 11) is 0. The van der Waals surface area contributed by atoms with E-state index >= 15 is 0 Å². The van der Waals surface area contributed by atoms with Crippen LogP contribution in [0.3, 0.4) is 0 Å². The van der Waals surface area contributed by atoms with Crippen molar-refractivity contribution < 1.29 is 0 Å². The molecule has 0 saturated heterocycles. The SMILES string of the molecule is CCCCCCn1c(CNC(C)C)cnc1C. The van der Waals surface area contributed by atoms with Crippen LogP contribution in [0.2, 0.25) is 0 Å². The lowest BCUT2D eigenvalue weighted by Crippen LogP contribution is -2.23. The van der Waals surface area contributed by atoms with Crippen molar-refractivity contribution in [3.8, 4) is 0 Å². The summed E-state index contributed by atoms with van der Waals surface area (Å²) in [5.41, 5.74) is 1.31. The molecule has 1 heterocycles. The van der Waals surface area contributed by atoms with Gasteiger partial charge >= 0.3 is 0 Å². The smallest absolute Gasteiger partial charge is 0.105 e. The van der Waals surface area contributed by atoms with Gasteiger partial charge in [0.25, 0.3) is 0 Å². The lowest BCUT2D eigenvalue weighted by molar-refractivity contribution is 0.525. The predicted molar refractivity (Wildman–Crippen MR) is 73.1 cm³/mol. The van der Waals surface area contributed by atoms with Gasteiger partial charge < -0.3 is 9.88 Å². The van der Waals surface area contributed by atoms with Gasteiger partial charge in [0.2, 0.25) is 0 Å². The van der Waals surface area contributed by atoms with Gasteiger partial charge in [0.05, 0.1) is 5.69 Å². The Balaban J connectivity index is 2.47. The standard InChI is InChI=1S/C14H27N3/c1-5-6-7-8-9-17-13(4)16-11-14(17)10-15-12(2)3/h11-12,15H,5-10H2,1-4H3. The van der Waals surface area contributed by atoms with Crippen LogP contribution < -0.4 is 5.32 Å². The zero-order chi connectivity index (χ0) is 12.7. The van der Waals surface area contributed by atoms with Crippen molar-refractivity contribution in [2.45, 2.75) is 72.5 Å². The molecule has 0 aliphatic carbocycles. The van der Waals surface area contributed by atoms with Crippen molar-refractivity contribution >= 4 is 0 Å². The molecule has 3 nitrogen and oxygen atoms in total. The maximum atomic E-state index is 4.42. The van der Waals surface area contributed by atoms with Crippen LogP contribution in [0.1, 0.15) is 58.0 Å². The molecule has 0 atom stereocenters. The van der Waals surface area contributed by atoms with E-state index in [0.29, 0.717) is 6.04 Å². The number of rotatable bonds is 8. The fourth-order valence-electron chi connectivity index (χ4n) is 1.97. The Morgan fingerprint density at radius 2 is 2.06 bits per heavy atom. The zero-order valence-electron chi connectivity index (χ0n) is 11.8. The Kier molecular flexibility index (Phi) is 6.27. The lowest BCUT2D eigenvalue weighted by atomic mass is 10.2. The minimum atomic E-state index is 0.527. The van der Waals surface area contributed by atoms with Crippen LogP contribution in [0.15, 0.2) is 6.20 Å². The molecular formula is C14H27N3. The zero-order valence-corrected chi connectivity index (χ0v) is 11.8. The molecule has 0 aromatic carbocycles. The number of hydrogen-bond acceptors (Lipinski definition) is 2. The van der Waals surface area contributed by atoms with Crippen LogP contribution in [0.5, 0.6) is 0 Å². The highest BCUT2D eigenvalue weighted by Crippen LogP contribution is 2.09. The quantitative estimate of drug-likeness (QED) is 0.703. The Morgan fingerprint density at radius 1 is 1.29 bits per heavy atom. The molecule has 1 N–H and O–H groups in total. The summed E-state index contributed by atoms with van der Waals surface area (Å²) in [5.74, 6) is 1.14. The van der Waals surface area contributed by atoms with E-state index in [1.54, 1.807) is 0 Å². The fraction of sp³-hybridized carbons (Fsp3) is 0.786. The van der Waals surface area contributed by atoms with E-state index in [-0.39, 0.29) is 0 Å². The molecule has 0 aliphatic rings. The van der Waals surface area contributed by atoms with Gasteiger partial charge in [0, 0.05) is 25.3 Å². The van der Waals surface area contributed by atoms with Crippen molar-refractivity contribution in [3.63, 3.8) is 0 Å². The molecule has 0 bridgehead atoms. The molecule has 0 radical (unpaired) electrons. The first kappa shape index (κ1) is 14.2. The predicted octanol–water partition coefficient (Wildman–Crippen LogP) is 3.27. The summed E-state index contributed by atoms with van der Waals surface area (Å²) in [6.45, 7) is 10.7. The van der Waals surface area contributed by atoms with E-state index in [4.69, 9.17) is 0 Å². The van der Waals surface area contributed by atoms with Gasteiger partial charge in [-0.25, -0.2) is 4.98 Å². The first-order valence-corrected chi connectivity index (χ1v) is 6.89. The topological polar surface area (TPSA) is 29.9 Å². The van der Waals surface area contributed by atoms with E-state index in [2.05, 4.69) is 42.6 Å². The minimum Gasteiger partial charge on any atom is -0.331 e. The second kappa shape index (κ2) is 7.49. The van der Waals surface area contributed by atoms with Crippen molar-refractivity contribution in [2.75, 3.05) is 0 Å². The molecule has 17 heavy (non-hydrogen) atoms. The molecule has 3 heteroatoms. The van der Waals surface area contributed by atoms with Crippen LogP contribution in [0.4, 0.5) is 0 Å². The Bertz CT molecular complexity index is 315. The van der Waals surface area contributed by atoms with Crippen molar-refractivity contribution in [2.24, 2.45) is 0 Å². The number of imidazole rings is 1. The van der Waals surface area contributed by atoms with Gasteiger partial charge in [-0.3, -0.25) is 0 Å². The lowest BCUT2D eigenvalue weighted by Gasteiger charge is -2.12. The number of aromatic nitrogens is 2. The minimum absolute atomic E-state index is 0.527. The Hall–Kier alpha value is -0.830.